The third-order valence-corrected chi connectivity index (χ3v) is 7.10. The molecule has 2 unspecified atom stereocenters. The van der Waals surface area contributed by atoms with Crippen molar-refractivity contribution in [1.29, 1.82) is 0 Å². The van der Waals surface area contributed by atoms with Crippen molar-refractivity contribution >= 4 is 12.0 Å². The monoisotopic (exact) mass is 507 g/mol. The van der Waals surface area contributed by atoms with Crippen molar-refractivity contribution in [1.82, 2.24) is 14.7 Å². The van der Waals surface area contributed by atoms with E-state index in [1.54, 1.807) is 0 Å². The Hall–Kier alpha value is -2.50. The topological polar surface area (TPSA) is 53.1 Å². The molecule has 2 atom stereocenters. The Morgan fingerprint density at radius 3 is 2.06 bits per heavy atom. The summed E-state index contributed by atoms with van der Waals surface area (Å²) in [6.45, 7) is 5.14. The summed E-state index contributed by atoms with van der Waals surface area (Å²) in [6.07, 6.45) is -15.2. The van der Waals surface area contributed by atoms with Gasteiger partial charge in [-0.2, -0.15) is 26.3 Å². The van der Waals surface area contributed by atoms with E-state index in [9.17, 15) is 35.9 Å². The van der Waals surface area contributed by atoms with Crippen molar-refractivity contribution in [2.24, 2.45) is 11.8 Å². The van der Waals surface area contributed by atoms with E-state index in [1.807, 2.05) is 30.0 Å². The van der Waals surface area contributed by atoms with Gasteiger partial charge in [-0.15, -0.1) is 0 Å². The number of amides is 2. The normalized spacial score (nSPS) is 23.3. The fourth-order valence-corrected chi connectivity index (χ4v) is 5.28. The average Bonchev–Trinajstić information content (AvgIpc) is 3.48. The third-order valence-electron chi connectivity index (χ3n) is 7.10. The highest BCUT2D eigenvalue weighted by molar-refractivity contribution is 5.96. The largest absolute Gasteiger partial charge is 0.434 e. The molecule has 3 fully saturated rings. The van der Waals surface area contributed by atoms with Crippen LogP contribution in [0.3, 0.4) is 0 Å². The average molecular weight is 507 g/mol. The number of hydrogen-bond acceptors (Lipinski definition) is 4. The number of rotatable bonds is 4. The predicted octanol–water partition coefficient (Wildman–Crippen LogP) is 4.22. The zero-order valence-corrected chi connectivity index (χ0v) is 19.2. The first-order valence-electron chi connectivity index (χ1n) is 11.5. The number of carbonyl (C=O) groups excluding carboxylic acids is 2. The zero-order valence-electron chi connectivity index (χ0n) is 19.2. The lowest BCUT2D eigenvalue weighted by atomic mass is 10.0. The number of hydrogen-bond donors (Lipinski definition) is 0. The van der Waals surface area contributed by atoms with Crippen molar-refractivity contribution in [2.45, 2.75) is 44.8 Å². The van der Waals surface area contributed by atoms with E-state index in [0.717, 1.165) is 42.0 Å². The van der Waals surface area contributed by atoms with E-state index in [0.29, 0.717) is 25.2 Å². The van der Waals surface area contributed by atoms with Gasteiger partial charge in [0.15, 0.2) is 0 Å². The molecule has 0 spiro atoms. The molecule has 0 bridgehead atoms. The van der Waals surface area contributed by atoms with Crippen LogP contribution in [0.1, 0.15) is 34.3 Å². The summed E-state index contributed by atoms with van der Waals surface area (Å²) in [5, 5.41) is 0. The second-order valence-corrected chi connectivity index (χ2v) is 9.56. The first-order chi connectivity index (χ1) is 16.3. The fraction of sp³-hybridized carbons (Fsp3) is 0.652. The number of ether oxygens (including phenoxy) is 1. The highest BCUT2D eigenvalue weighted by Crippen LogP contribution is 2.38. The lowest BCUT2D eigenvalue weighted by Gasteiger charge is -2.26. The lowest BCUT2D eigenvalue weighted by molar-refractivity contribution is -0.308. The maximum atomic E-state index is 12.8. The van der Waals surface area contributed by atoms with E-state index < -0.39 is 24.5 Å². The van der Waals surface area contributed by atoms with Crippen LogP contribution >= 0.6 is 0 Å². The molecule has 3 heterocycles. The summed E-state index contributed by atoms with van der Waals surface area (Å²) in [7, 11) is 0. The molecule has 194 valence electrons. The molecule has 6 nitrogen and oxygen atoms in total. The van der Waals surface area contributed by atoms with Gasteiger partial charge >= 0.3 is 18.4 Å². The van der Waals surface area contributed by atoms with Crippen LogP contribution in [0.4, 0.5) is 31.1 Å². The van der Waals surface area contributed by atoms with Crippen molar-refractivity contribution < 1.29 is 40.7 Å². The first kappa shape index (κ1) is 25.6. The molecule has 0 saturated carbocycles. The van der Waals surface area contributed by atoms with Crippen LogP contribution in [0.5, 0.6) is 0 Å². The van der Waals surface area contributed by atoms with E-state index in [1.165, 1.54) is 0 Å². The van der Waals surface area contributed by atoms with E-state index >= 15 is 0 Å². The first-order valence-corrected chi connectivity index (χ1v) is 11.5. The van der Waals surface area contributed by atoms with E-state index in [2.05, 4.69) is 9.64 Å². The molecule has 0 aliphatic carbocycles. The molecule has 12 heteroatoms. The van der Waals surface area contributed by atoms with Crippen molar-refractivity contribution in [3.8, 4) is 0 Å². The minimum Gasteiger partial charge on any atom is -0.426 e. The van der Waals surface area contributed by atoms with Gasteiger partial charge in [0.05, 0.1) is 0 Å². The minimum absolute atomic E-state index is 0.0188. The van der Waals surface area contributed by atoms with Gasteiger partial charge in [-0.25, -0.2) is 4.79 Å². The van der Waals surface area contributed by atoms with E-state index in [4.69, 9.17) is 0 Å². The Kier molecular flexibility index (Phi) is 6.96. The molecule has 0 radical (unpaired) electrons. The van der Waals surface area contributed by atoms with Crippen LogP contribution in [0.2, 0.25) is 0 Å². The summed E-state index contributed by atoms with van der Waals surface area (Å²) in [6, 6.07) is 5.61. The number of halogens is 6. The van der Waals surface area contributed by atoms with Gasteiger partial charge in [-0.1, -0.05) is 12.1 Å². The Balaban J connectivity index is 1.34. The Labute approximate surface area is 198 Å². The molecule has 1 aromatic carbocycles. The molecule has 2 amide bonds. The quantitative estimate of drug-likeness (QED) is 0.573. The number of likely N-dealkylation sites (tertiary alicyclic amines) is 3. The smallest absolute Gasteiger partial charge is 0.426 e. The second-order valence-electron chi connectivity index (χ2n) is 9.56. The van der Waals surface area contributed by atoms with E-state index in [-0.39, 0.29) is 30.8 Å². The molecular weight excluding hydrogens is 480 g/mol. The molecule has 35 heavy (non-hydrogen) atoms. The molecule has 3 saturated heterocycles. The number of alkyl halides is 6. The Morgan fingerprint density at radius 2 is 1.51 bits per heavy atom. The molecular formula is C23H27F6N3O3. The fourth-order valence-electron chi connectivity index (χ4n) is 5.28. The molecule has 1 aromatic rings. The number of carbonyl (C=O) groups is 2. The third kappa shape index (κ3) is 5.52. The summed E-state index contributed by atoms with van der Waals surface area (Å²) in [5.74, 6) is -0.134. The van der Waals surface area contributed by atoms with Crippen LogP contribution < -0.4 is 0 Å². The number of fused-ring (bicyclic) bond motifs is 1. The van der Waals surface area contributed by atoms with Gasteiger partial charge in [0.25, 0.3) is 12.0 Å². The molecule has 0 aromatic heterocycles. The number of nitrogens with zero attached hydrogens (tertiary/aromatic N) is 3. The highest BCUT2D eigenvalue weighted by Gasteiger charge is 2.60. The summed E-state index contributed by atoms with van der Waals surface area (Å²) in [5.41, 5.74) is 2.56. The Morgan fingerprint density at radius 1 is 0.943 bits per heavy atom. The van der Waals surface area contributed by atoms with Gasteiger partial charge in [0.1, 0.15) is 0 Å². The van der Waals surface area contributed by atoms with Gasteiger partial charge in [0.2, 0.25) is 0 Å². The predicted molar refractivity (Wildman–Crippen MR) is 113 cm³/mol. The van der Waals surface area contributed by atoms with Crippen molar-refractivity contribution in [2.75, 3.05) is 39.3 Å². The highest BCUT2D eigenvalue weighted by atomic mass is 19.4. The van der Waals surface area contributed by atoms with Gasteiger partial charge in [-0.05, 0) is 48.8 Å². The summed E-state index contributed by atoms with van der Waals surface area (Å²) in [4.78, 5) is 29.8. The van der Waals surface area contributed by atoms with Crippen LogP contribution in [0.15, 0.2) is 18.2 Å². The van der Waals surface area contributed by atoms with Crippen LogP contribution in [0, 0.1) is 18.8 Å². The lowest BCUT2D eigenvalue weighted by Crippen LogP contribution is -2.48. The maximum absolute atomic E-state index is 12.8. The zero-order chi connectivity index (χ0) is 25.5. The number of benzene rings is 1. The molecule has 0 N–H and O–H groups in total. The van der Waals surface area contributed by atoms with Gasteiger partial charge in [0, 0.05) is 51.4 Å². The molecule has 4 rings (SSSR count). The minimum atomic E-state index is -5.73. The van der Waals surface area contributed by atoms with Crippen LogP contribution in [-0.4, -0.2) is 84.4 Å². The van der Waals surface area contributed by atoms with Crippen molar-refractivity contribution in [3.05, 3.63) is 34.9 Å². The summed E-state index contributed by atoms with van der Waals surface area (Å²) < 4.78 is 80.1. The Bertz CT molecular complexity index is 933. The SMILES string of the molecule is Cc1c(CN2CC3CN(C(=O)OC(C(F)(F)F)C(F)(F)F)CC3C2)cccc1C(=O)N1CCCC1. The van der Waals surface area contributed by atoms with Crippen LogP contribution in [-0.2, 0) is 11.3 Å². The van der Waals surface area contributed by atoms with Gasteiger partial charge < -0.3 is 14.5 Å². The van der Waals surface area contributed by atoms with Gasteiger partial charge in [-0.3, -0.25) is 9.69 Å². The van der Waals surface area contributed by atoms with Crippen molar-refractivity contribution in [3.63, 3.8) is 0 Å². The second kappa shape index (κ2) is 9.51. The molecule has 3 aliphatic rings. The maximum Gasteiger partial charge on any atom is 0.434 e. The van der Waals surface area contributed by atoms with Crippen LogP contribution in [0.25, 0.3) is 0 Å². The standard InChI is InChI=1S/C23H27F6N3O3/c1-14-15(5-4-6-18(14)19(33)31-7-2-3-8-31)9-30-10-16-12-32(13-17(16)11-30)21(34)35-20(22(24,25)26)23(27,28)29/h4-6,16-17,20H,2-3,7-13H2,1H3. The molecule has 3 aliphatic heterocycles. The summed E-state index contributed by atoms with van der Waals surface area (Å²) >= 11 is 0.